The molecule has 0 bridgehead atoms. The standard InChI is InChI=1S/C21H18O/c1-14-6-8-15(9-7-14)21-13-19(22)11-18-10-16-4-2-3-5-17(16)12-20(18)21/h2-9,11,13,22H,10,12H2,1H3. The van der Waals surface area contributed by atoms with E-state index in [0.29, 0.717) is 5.75 Å². The summed E-state index contributed by atoms with van der Waals surface area (Å²) in [6.45, 7) is 2.10. The third kappa shape index (κ3) is 2.19. The number of phenolic OH excluding ortho intramolecular Hbond substituents is 1. The number of aryl methyl sites for hydroxylation is 1. The molecule has 1 N–H and O–H groups in total. The first kappa shape index (κ1) is 13.1. The van der Waals surface area contributed by atoms with Crippen LogP contribution < -0.4 is 0 Å². The summed E-state index contributed by atoms with van der Waals surface area (Å²) < 4.78 is 0. The van der Waals surface area contributed by atoms with E-state index in [4.69, 9.17) is 0 Å². The summed E-state index contributed by atoms with van der Waals surface area (Å²) in [5.74, 6) is 0.355. The van der Waals surface area contributed by atoms with Crippen molar-refractivity contribution in [2.75, 3.05) is 0 Å². The second kappa shape index (κ2) is 5.03. The fourth-order valence-corrected chi connectivity index (χ4v) is 3.37. The average molecular weight is 286 g/mol. The smallest absolute Gasteiger partial charge is 0.116 e. The van der Waals surface area contributed by atoms with E-state index in [2.05, 4.69) is 55.5 Å². The van der Waals surface area contributed by atoms with Crippen LogP contribution in [0.5, 0.6) is 5.75 Å². The summed E-state index contributed by atoms with van der Waals surface area (Å²) in [5, 5.41) is 10.1. The SMILES string of the molecule is Cc1ccc(-c2cc(O)cc3c2Cc2ccccc2C3)cc1. The lowest BCUT2D eigenvalue weighted by Gasteiger charge is -2.23. The van der Waals surface area contributed by atoms with Crippen LogP contribution in [0.25, 0.3) is 11.1 Å². The summed E-state index contributed by atoms with van der Waals surface area (Å²) in [5.41, 5.74) is 8.95. The number of benzene rings is 3. The van der Waals surface area contributed by atoms with E-state index in [-0.39, 0.29) is 0 Å². The van der Waals surface area contributed by atoms with E-state index < -0.39 is 0 Å². The third-order valence-corrected chi connectivity index (χ3v) is 4.56. The van der Waals surface area contributed by atoms with E-state index in [1.54, 1.807) is 0 Å². The van der Waals surface area contributed by atoms with Crippen LogP contribution in [0.1, 0.15) is 27.8 Å². The van der Waals surface area contributed by atoms with Gasteiger partial charge >= 0.3 is 0 Å². The Morgan fingerprint density at radius 3 is 2.18 bits per heavy atom. The molecular formula is C21H18O. The molecule has 0 radical (unpaired) electrons. The van der Waals surface area contributed by atoms with E-state index in [9.17, 15) is 5.11 Å². The number of fused-ring (bicyclic) bond motifs is 2. The highest BCUT2D eigenvalue weighted by molar-refractivity contribution is 5.72. The highest BCUT2D eigenvalue weighted by Crippen LogP contribution is 2.37. The van der Waals surface area contributed by atoms with Crippen molar-refractivity contribution >= 4 is 0 Å². The molecule has 108 valence electrons. The lowest BCUT2D eigenvalue weighted by molar-refractivity contribution is 0.474. The maximum absolute atomic E-state index is 10.1. The number of hydrogen-bond acceptors (Lipinski definition) is 1. The molecule has 3 aromatic carbocycles. The quantitative estimate of drug-likeness (QED) is 0.529. The van der Waals surface area contributed by atoms with Gasteiger partial charge in [0.05, 0.1) is 0 Å². The topological polar surface area (TPSA) is 20.2 Å². The van der Waals surface area contributed by atoms with Gasteiger partial charge in [-0.05, 0) is 65.3 Å². The van der Waals surface area contributed by atoms with Crippen LogP contribution in [-0.2, 0) is 12.8 Å². The largest absolute Gasteiger partial charge is 0.508 e. The van der Waals surface area contributed by atoms with Crippen molar-refractivity contribution in [2.24, 2.45) is 0 Å². The van der Waals surface area contributed by atoms with Crippen LogP contribution in [0, 0.1) is 6.92 Å². The number of rotatable bonds is 1. The lowest BCUT2D eigenvalue weighted by atomic mass is 9.82. The first-order valence-corrected chi connectivity index (χ1v) is 7.69. The molecule has 22 heavy (non-hydrogen) atoms. The minimum absolute atomic E-state index is 0.355. The summed E-state index contributed by atoms with van der Waals surface area (Å²) in [7, 11) is 0. The van der Waals surface area contributed by atoms with Crippen molar-refractivity contribution in [3.8, 4) is 16.9 Å². The minimum atomic E-state index is 0.355. The molecule has 0 saturated heterocycles. The Bertz CT molecular complexity index is 844. The first-order chi connectivity index (χ1) is 10.7. The number of phenols is 1. The monoisotopic (exact) mass is 286 g/mol. The summed E-state index contributed by atoms with van der Waals surface area (Å²) >= 11 is 0. The Balaban J connectivity index is 1.88. The predicted molar refractivity (Wildman–Crippen MR) is 90.3 cm³/mol. The van der Waals surface area contributed by atoms with Crippen molar-refractivity contribution in [3.05, 3.63) is 88.5 Å². The fraction of sp³-hybridized carbons (Fsp3) is 0.143. The zero-order valence-corrected chi connectivity index (χ0v) is 12.6. The van der Waals surface area contributed by atoms with Crippen LogP contribution in [-0.4, -0.2) is 5.11 Å². The Morgan fingerprint density at radius 2 is 1.45 bits per heavy atom. The van der Waals surface area contributed by atoms with Crippen LogP contribution in [0.2, 0.25) is 0 Å². The number of aromatic hydroxyl groups is 1. The van der Waals surface area contributed by atoms with Gasteiger partial charge in [0.15, 0.2) is 0 Å². The van der Waals surface area contributed by atoms with Crippen LogP contribution in [0.3, 0.4) is 0 Å². The van der Waals surface area contributed by atoms with Gasteiger partial charge in [0.1, 0.15) is 5.75 Å². The number of hydrogen-bond donors (Lipinski definition) is 1. The van der Waals surface area contributed by atoms with Gasteiger partial charge in [0, 0.05) is 0 Å². The summed E-state index contributed by atoms with van der Waals surface area (Å²) in [6, 6.07) is 21.0. The molecule has 4 rings (SSSR count). The first-order valence-electron chi connectivity index (χ1n) is 7.69. The maximum atomic E-state index is 10.1. The molecule has 1 nitrogen and oxygen atoms in total. The van der Waals surface area contributed by atoms with E-state index >= 15 is 0 Å². The molecule has 0 saturated carbocycles. The molecule has 1 aliphatic carbocycles. The molecule has 0 spiro atoms. The predicted octanol–water partition coefficient (Wildman–Crippen LogP) is 4.86. The molecule has 0 atom stereocenters. The molecular weight excluding hydrogens is 268 g/mol. The van der Waals surface area contributed by atoms with Crippen molar-refractivity contribution in [1.29, 1.82) is 0 Å². The average Bonchev–Trinajstić information content (AvgIpc) is 2.53. The molecule has 0 aromatic heterocycles. The van der Waals surface area contributed by atoms with Crippen molar-refractivity contribution in [1.82, 2.24) is 0 Å². The Morgan fingerprint density at radius 1 is 0.773 bits per heavy atom. The molecule has 3 aromatic rings. The van der Waals surface area contributed by atoms with Gasteiger partial charge in [-0.25, -0.2) is 0 Å². The maximum Gasteiger partial charge on any atom is 0.116 e. The Kier molecular flexibility index (Phi) is 3.00. The van der Waals surface area contributed by atoms with Gasteiger partial charge in [-0.1, -0.05) is 54.1 Å². The molecule has 1 heteroatoms. The van der Waals surface area contributed by atoms with E-state index in [0.717, 1.165) is 18.4 Å². The highest BCUT2D eigenvalue weighted by Gasteiger charge is 2.19. The van der Waals surface area contributed by atoms with Gasteiger partial charge in [0.2, 0.25) is 0 Å². The molecule has 0 aliphatic heterocycles. The van der Waals surface area contributed by atoms with Gasteiger partial charge in [-0.3, -0.25) is 0 Å². The molecule has 0 fully saturated rings. The summed E-state index contributed by atoms with van der Waals surface area (Å²) in [6.07, 6.45) is 1.84. The Labute approximate surface area is 130 Å². The van der Waals surface area contributed by atoms with Gasteiger partial charge < -0.3 is 5.11 Å². The lowest BCUT2D eigenvalue weighted by Crippen LogP contribution is -2.08. The normalized spacial score (nSPS) is 12.6. The van der Waals surface area contributed by atoms with Crippen LogP contribution in [0.15, 0.2) is 60.7 Å². The Hall–Kier alpha value is -2.54. The highest BCUT2D eigenvalue weighted by atomic mass is 16.3. The minimum Gasteiger partial charge on any atom is -0.508 e. The molecule has 1 aliphatic rings. The van der Waals surface area contributed by atoms with E-state index in [1.165, 1.54) is 33.4 Å². The van der Waals surface area contributed by atoms with Gasteiger partial charge in [-0.15, -0.1) is 0 Å². The fourth-order valence-electron chi connectivity index (χ4n) is 3.37. The summed E-state index contributed by atoms with van der Waals surface area (Å²) in [4.78, 5) is 0. The molecule has 0 unspecified atom stereocenters. The molecule has 0 amide bonds. The van der Waals surface area contributed by atoms with Crippen LogP contribution in [0.4, 0.5) is 0 Å². The zero-order valence-electron chi connectivity index (χ0n) is 12.6. The van der Waals surface area contributed by atoms with Gasteiger partial charge in [0.25, 0.3) is 0 Å². The van der Waals surface area contributed by atoms with Crippen molar-refractivity contribution in [3.63, 3.8) is 0 Å². The van der Waals surface area contributed by atoms with Crippen molar-refractivity contribution < 1.29 is 5.11 Å². The second-order valence-corrected chi connectivity index (χ2v) is 6.12. The molecule has 0 heterocycles. The zero-order chi connectivity index (χ0) is 15.1. The van der Waals surface area contributed by atoms with Gasteiger partial charge in [-0.2, -0.15) is 0 Å². The van der Waals surface area contributed by atoms with Crippen LogP contribution >= 0.6 is 0 Å². The van der Waals surface area contributed by atoms with Crippen molar-refractivity contribution in [2.45, 2.75) is 19.8 Å². The third-order valence-electron chi connectivity index (χ3n) is 4.56. The second-order valence-electron chi connectivity index (χ2n) is 6.12. The van der Waals surface area contributed by atoms with E-state index in [1.807, 2.05) is 12.1 Å².